The number of benzene rings is 2. The van der Waals surface area contributed by atoms with E-state index in [4.69, 9.17) is 33.3 Å². The number of ether oxygens (including phenoxy) is 4. The number of hydrogen-bond acceptors (Lipinski definition) is 8. The molecule has 1 saturated carbocycles. The Hall–Kier alpha value is -3.95. The van der Waals surface area contributed by atoms with Gasteiger partial charge < -0.3 is 43.1 Å². The molecule has 310 valence electrons. The number of nitrogens with zero attached hydrogens (tertiary/aromatic N) is 4. The summed E-state index contributed by atoms with van der Waals surface area (Å²) in [4.78, 5) is 31.6. The van der Waals surface area contributed by atoms with E-state index in [-0.39, 0.29) is 40.4 Å². The fraction of sp³-hybridized carbons (Fsp3) is 0.595. The van der Waals surface area contributed by atoms with E-state index in [9.17, 15) is 9.59 Å². The summed E-state index contributed by atoms with van der Waals surface area (Å²) in [5, 5.41) is 0.273. The molecule has 2 aromatic rings. The second kappa shape index (κ2) is 18.5. The van der Waals surface area contributed by atoms with Gasteiger partial charge in [0.2, 0.25) is 5.91 Å². The molecule has 56 heavy (non-hydrogen) atoms. The van der Waals surface area contributed by atoms with Crippen molar-refractivity contribution in [1.29, 1.82) is 0 Å². The van der Waals surface area contributed by atoms with Crippen molar-refractivity contribution >= 4 is 34.7 Å². The van der Waals surface area contributed by atoms with E-state index >= 15 is 0 Å². The first-order chi connectivity index (χ1) is 26.0. The van der Waals surface area contributed by atoms with E-state index in [1.54, 1.807) is 40.6 Å². The molecule has 0 radical (unpaired) electrons. The van der Waals surface area contributed by atoms with Crippen LogP contribution in [0, 0.1) is 11.3 Å². The second-order valence-corrected chi connectivity index (χ2v) is 27.6. The predicted octanol–water partition coefficient (Wildman–Crippen LogP) is 7.99. The summed E-state index contributed by atoms with van der Waals surface area (Å²) in [5.41, 5.74) is 11.4. The molecule has 2 aromatic carbocycles. The Morgan fingerprint density at radius 1 is 0.893 bits per heavy atom. The molecule has 4 rings (SSSR count). The Balaban J connectivity index is 0.000000301. The first kappa shape index (κ1) is 46.4. The highest BCUT2D eigenvalue weighted by Gasteiger charge is 2.65. The zero-order chi connectivity index (χ0) is 42.3. The van der Waals surface area contributed by atoms with E-state index in [0.29, 0.717) is 31.3 Å². The average molecular weight is 811 g/mol. The van der Waals surface area contributed by atoms with Crippen LogP contribution in [0.4, 0.5) is 0 Å². The summed E-state index contributed by atoms with van der Waals surface area (Å²) in [6, 6.07) is 11.2. The molecule has 2 atom stereocenters. The third-order valence-corrected chi connectivity index (χ3v) is 20.8. The van der Waals surface area contributed by atoms with Gasteiger partial charge in [-0.15, -0.1) is 0 Å². The number of hydrogen-bond donors (Lipinski definition) is 0. The molecular weight excluding hydrogens is 745 g/mol. The number of piperidine rings is 1. The summed E-state index contributed by atoms with van der Waals surface area (Å²) < 4.78 is 34.0. The summed E-state index contributed by atoms with van der Waals surface area (Å²) >= 11 is 0. The highest BCUT2D eigenvalue weighted by Crippen LogP contribution is 2.59. The molecule has 1 heterocycles. The summed E-state index contributed by atoms with van der Waals surface area (Å²) in [6.07, 6.45) is 1.84. The van der Waals surface area contributed by atoms with Crippen molar-refractivity contribution in [1.82, 2.24) is 9.80 Å². The lowest BCUT2D eigenvalue weighted by molar-refractivity contribution is -0.130. The number of methoxy groups -OCH3 is 4. The quantitative estimate of drug-likeness (QED) is 0.0517. The van der Waals surface area contributed by atoms with Gasteiger partial charge >= 0.3 is 12.1 Å². The van der Waals surface area contributed by atoms with Gasteiger partial charge in [0.25, 0.3) is 0 Å². The Kier molecular flexibility index (Phi) is 15.4. The maximum atomic E-state index is 12.8. The summed E-state index contributed by atoms with van der Waals surface area (Å²) in [6.45, 7) is 29.2. The van der Waals surface area contributed by atoms with Crippen molar-refractivity contribution in [2.45, 2.75) is 97.3 Å². The predicted molar refractivity (Wildman–Crippen MR) is 226 cm³/mol. The molecule has 1 aliphatic heterocycles. The van der Waals surface area contributed by atoms with Crippen LogP contribution in [-0.4, -0.2) is 104 Å². The first-order valence-corrected chi connectivity index (χ1v) is 24.9. The fourth-order valence-corrected chi connectivity index (χ4v) is 8.04. The Morgan fingerprint density at radius 3 is 1.91 bits per heavy atom. The lowest BCUT2D eigenvalue weighted by Crippen LogP contribution is -2.42. The zero-order valence-corrected chi connectivity index (χ0v) is 38.3. The normalized spacial score (nSPS) is 17.9. The lowest BCUT2D eigenvalue weighted by Gasteiger charge is -2.37. The van der Waals surface area contributed by atoms with Crippen molar-refractivity contribution in [3.8, 4) is 23.0 Å². The highest BCUT2D eigenvalue weighted by molar-refractivity contribution is 6.74. The van der Waals surface area contributed by atoms with Crippen LogP contribution >= 0.6 is 0 Å². The molecule has 1 saturated heterocycles. The van der Waals surface area contributed by atoms with Gasteiger partial charge in [-0.1, -0.05) is 48.1 Å². The van der Waals surface area contributed by atoms with Crippen LogP contribution in [-0.2, 0) is 31.5 Å². The second-order valence-electron chi connectivity index (χ2n) is 18.0. The minimum Gasteiger partial charge on any atom is -0.497 e. The van der Waals surface area contributed by atoms with E-state index in [0.717, 1.165) is 47.4 Å². The molecule has 2 aliphatic rings. The zero-order valence-electron chi connectivity index (χ0n) is 36.3. The van der Waals surface area contributed by atoms with Crippen molar-refractivity contribution in [3.63, 3.8) is 0 Å². The number of likely N-dealkylation sites (tertiary alicyclic amines) is 1. The Labute approximate surface area is 337 Å². The van der Waals surface area contributed by atoms with Crippen LogP contribution in [0.25, 0.3) is 5.53 Å². The third kappa shape index (κ3) is 11.6. The number of fused-ring (bicyclic) bond motifs is 1. The van der Waals surface area contributed by atoms with Crippen LogP contribution < -0.4 is 18.9 Å². The van der Waals surface area contributed by atoms with Gasteiger partial charge in [-0.05, 0) is 72.5 Å². The van der Waals surface area contributed by atoms with Crippen LogP contribution in [0.5, 0.6) is 23.0 Å². The summed E-state index contributed by atoms with van der Waals surface area (Å²) in [7, 11) is 2.70. The number of rotatable bonds is 17. The van der Waals surface area contributed by atoms with Crippen LogP contribution in [0.3, 0.4) is 0 Å². The molecule has 2 unspecified atom stereocenters. The SMILES string of the molecule is C=C(CO[Si](C)(C)C(C)(C)C)CN(Cc1ccc(OC)cc1OC)C(=O)C=[N+]=[N-].COc1ccc(CN2CC3(CO[Si](C)(C)C(C)(C)C)CC3C2=O)c(OC)c1. The standard InChI is InChI=1S/C21H33N3O4Si.C21H33NO4Si/c1-16(15-28-29(7,8)21(2,3)4)13-24(20(25)12-23-22)14-17-9-10-18(26-5)11-19(17)27-6;1-20(2,3)27(6,7)26-14-21-11-17(21)19(23)22(13-21)12-15-8-9-16(24-4)10-18(15)25-5/h9-12H,1,13-15H2,2-8H3;8-10,17H,11-14H2,1-7H3. The monoisotopic (exact) mass is 810 g/mol. The van der Waals surface area contributed by atoms with E-state index in [2.05, 4.69) is 79.1 Å². The number of carbonyl (C=O) groups is 2. The van der Waals surface area contributed by atoms with Gasteiger partial charge in [0.1, 0.15) is 23.0 Å². The average Bonchev–Trinajstić information content (AvgIpc) is 3.79. The molecular formula is C42H66N4O8Si2. The summed E-state index contributed by atoms with van der Waals surface area (Å²) in [5.74, 6) is 2.73. The molecule has 1 aliphatic carbocycles. The molecule has 0 N–H and O–H groups in total. The molecule has 0 spiro atoms. The van der Waals surface area contributed by atoms with Crippen molar-refractivity contribution in [3.05, 3.63) is 65.2 Å². The molecule has 0 bridgehead atoms. The van der Waals surface area contributed by atoms with Crippen molar-refractivity contribution in [2.24, 2.45) is 11.3 Å². The fourth-order valence-electron chi connectivity index (χ4n) is 5.96. The van der Waals surface area contributed by atoms with E-state index in [1.165, 1.54) is 4.90 Å². The molecule has 14 heteroatoms. The largest absolute Gasteiger partial charge is 0.497 e. The molecule has 0 aromatic heterocycles. The first-order valence-electron chi connectivity index (χ1n) is 19.1. The van der Waals surface area contributed by atoms with Gasteiger partial charge in [0.05, 0.1) is 41.6 Å². The minimum atomic E-state index is -1.93. The van der Waals surface area contributed by atoms with Crippen molar-refractivity contribution < 1.29 is 42.2 Å². The van der Waals surface area contributed by atoms with E-state index in [1.807, 2.05) is 29.2 Å². The van der Waals surface area contributed by atoms with Gasteiger partial charge in [0, 0.05) is 60.8 Å². The molecule has 2 amide bonds. The third-order valence-electron chi connectivity index (χ3n) is 11.9. The smallest absolute Gasteiger partial charge is 0.344 e. The van der Waals surface area contributed by atoms with Gasteiger partial charge in [-0.2, -0.15) is 4.79 Å². The lowest BCUT2D eigenvalue weighted by atomic mass is 10.1. The van der Waals surface area contributed by atoms with Crippen LogP contribution in [0.2, 0.25) is 36.3 Å². The highest BCUT2D eigenvalue weighted by atomic mass is 28.4. The Bertz CT molecular complexity index is 1760. The van der Waals surface area contributed by atoms with Gasteiger partial charge in [-0.3, -0.25) is 9.59 Å². The molecule has 12 nitrogen and oxygen atoms in total. The number of carbonyl (C=O) groups excluding carboxylic acids is 2. The van der Waals surface area contributed by atoms with Crippen LogP contribution in [0.15, 0.2) is 48.6 Å². The van der Waals surface area contributed by atoms with Crippen molar-refractivity contribution in [2.75, 3.05) is 54.7 Å². The van der Waals surface area contributed by atoms with Crippen LogP contribution in [0.1, 0.15) is 59.1 Å². The number of amides is 2. The van der Waals surface area contributed by atoms with E-state index < -0.39 is 22.5 Å². The van der Waals surface area contributed by atoms with Gasteiger partial charge in [0.15, 0.2) is 16.6 Å². The molecule has 2 fully saturated rings. The van der Waals surface area contributed by atoms with Gasteiger partial charge in [-0.25, -0.2) is 0 Å². The minimum absolute atomic E-state index is 0.0201. The maximum Gasteiger partial charge on any atom is 0.344 e. The topological polar surface area (TPSA) is 132 Å². The Morgan fingerprint density at radius 2 is 1.41 bits per heavy atom. The maximum absolute atomic E-state index is 12.8.